The Balaban J connectivity index is 1.47. The van der Waals surface area contributed by atoms with Crippen LogP contribution in [0.25, 0.3) is 0 Å². The third-order valence-corrected chi connectivity index (χ3v) is 10.1. The zero-order valence-electron chi connectivity index (χ0n) is 28.4. The van der Waals surface area contributed by atoms with Crippen LogP contribution in [0.4, 0.5) is 9.18 Å². The van der Waals surface area contributed by atoms with Gasteiger partial charge in [-0.2, -0.15) is 0 Å². The molecule has 1 aliphatic heterocycles. The molecule has 1 heterocycles. The SMILES string of the molecule is CC(C)[C@H](NC(=O)N[C@H](C(=O)N1C[C@H]2[C@@H]([C@H]1C(=O)CC(CC1CC1)C(=O)C(N)=O)C2(C)C)C(C)(C)C)C(=O)OCc1ccc(F)cc1. The highest BCUT2D eigenvalue weighted by molar-refractivity contribution is 6.36. The number of ether oxygens (including phenoxy) is 1. The maximum atomic E-state index is 14.2. The molecular formula is C35H49FN4O7. The second kappa shape index (κ2) is 13.7. The van der Waals surface area contributed by atoms with Crippen LogP contribution in [0.5, 0.6) is 0 Å². The molecule has 4 N–H and O–H groups in total. The number of nitrogens with zero attached hydrogens (tertiary/aromatic N) is 1. The van der Waals surface area contributed by atoms with Crippen LogP contribution in [0.15, 0.2) is 24.3 Å². The molecular weight excluding hydrogens is 607 g/mol. The lowest BCUT2D eigenvalue weighted by Gasteiger charge is -2.38. The average Bonchev–Trinajstić information content (AvgIpc) is 3.83. The largest absolute Gasteiger partial charge is 0.459 e. The van der Waals surface area contributed by atoms with Gasteiger partial charge in [0.2, 0.25) is 11.7 Å². The van der Waals surface area contributed by atoms with Crippen LogP contribution in [-0.2, 0) is 35.3 Å². The molecule has 3 aliphatic rings. The number of esters is 1. The molecule has 1 aromatic rings. The lowest BCUT2D eigenvalue weighted by Crippen LogP contribution is -2.61. The molecule has 258 valence electrons. The Kier molecular flexibility index (Phi) is 10.5. The number of halogens is 1. The van der Waals surface area contributed by atoms with Crippen LogP contribution in [0.3, 0.4) is 0 Å². The first kappa shape index (κ1) is 36.0. The van der Waals surface area contributed by atoms with E-state index in [0.29, 0.717) is 18.5 Å². The van der Waals surface area contributed by atoms with Gasteiger partial charge in [-0.25, -0.2) is 14.0 Å². The summed E-state index contributed by atoms with van der Waals surface area (Å²) in [4.78, 5) is 80.4. The van der Waals surface area contributed by atoms with Crippen molar-refractivity contribution in [3.8, 4) is 0 Å². The summed E-state index contributed by atoms with van der Waals surface area (Å²) in [6.45, 7) is 13.2. The Morgan fingerprint density at radius 1 is 1.04 bits per heavy atom. The number of piperidine rings is 1. The number of ketones is 2. The van der Waals surface area contributed by atoms with Crippen molar-refractivity contribution in [3.63, 3.8) is 0 Å². The molecule has 4 amide bonds. The number of nitrogens with one attached hydrogen (secondary N) is 2. The van der Waals surface area contributed by atoms with Crippen LogP contribution in [0.2, 0.25) is 0 Å². The van der Waals surface area contributed by atoms with E-state index in [4.69, 9.17) is 10.5 Å². The average molecular weight is 657 g/mol. The zero-order chi connectivity index (χ0) is 35.0. The fraction of sp³-hybridized carbons (Fsp3) is 0.657. The number of hydrogen-bond donors (Lipinski definition) is 3. The number of primary amides is 1. The molecule has 47 heavy (non-hydrogen) atoms. The van der Waals surface area contributed by atoms with Gasteiger partial charge in [-0.1, -0.05) is 73.4 Å². The Morgan fingerprint density at radius 2 is 1.66 bits per heavy atom. The fourth-order valence-corrected chi connectivity index (χ4v) is 6.94. The molecule has 12 heteroatoms. The molecule has 11 nitrogen and oxygen atoms in total. The third-order valence-electron chi connectivity index (χ3n) is 10.1. The van der Waals surface area contributed by atoms with Crippen LogP contribution >= 0.6 is 0 Å². The lowest BCUT2D eigenvalue weighted by molar-refractivity contribution is -0.148. The maximum Gasteiger partial charge on any atom is 0.329 e. The number of likely N-dealkylation sites (tertiary alicyclic amines) is 1. The van der Waals surface area contributed by atoms with Crippen LogP contribution in [0.1, 0.15) is 79.7 Å². The van der Waals surface area contributed by atoms with Gasteiger partial charge in [0.1, 0.15) is 24.5 Å². The highest BCUT2D eigenvalue weighted by Crippen LogP contribution is 2.65. The Labute approximate surface area is 275 Å². The molecule has 0 radical (unpaired) electrons. The van der Waals surface area contributed by atoms with E-state index >= 15 is 0 Å². The van der Waals surface area contributed by atoms with Crippen LogP contribution in [-0.4, -0.2) is 65.0 Å². The van der Waals surface area contributed by atoms with Gasteiger partial charge in [0.25, 0.3) is 5.91 Å². The number of carbonyl (C=O) groups is 6. The van der Waals surface area contributed by atoms with Crippen molar-refractivity contribution < 1.29 is 37.9 Å². The van der Waals surface area contributed by atoms with Gasteiger partial charge in [-0.05, 0) is 58.6 Å². The molecule has 3 fully saturated rings. The Bertz CT molecular complexity index is 1400. The Hall–Kier alpha value is -3.83. The number of hydrogen-bond acceptors (Lipinski definition) is 7. The van der Waals surface area contributed by atoms with Crippen molar-refractivity contribution in [2.45, 2.75) is 98.9 Å². The predicted molar refractivity (Wildman–Crippen MR) is 171 cm³/mol. The van der Waals surface area contributed by atoms with Crippen molar-refractivity contribution in [2.24, 2.45) is 46.2 Å². The minimum Gasteiger partial charge on any atom is -0.459 e. The number of fused-ring (bicyclic) bond motifs is 1. The topological polar surface area (TPSA) is 165 Å². The van der Waals surface area contributed by atoms with E-state index in [-0.39, 0.29) is 47.9 Å². The van der Waals surface area contributed by atoms with E-state index in [1.165, 1.54) is 29.2 Å². The quantitative estimate of drug-likeness (QED) is 0.204. The fourth-order valence-electron chi connectivity index (χ4n) is 6.94. The van der Waals surface area contributed by atoms with Gasteiger partial charge in [0.05, 0.1) is 6.04 Å². The monoisotopic (exact) mass is 656 g/mol. The number of nitrogens with two attached hydrogens (primary N) is 1. The first-order chi connectivity index (χ1) is 21.8. The molecule has 6 atom stereocenters. The summed E-state index contributed by atoms with van der Waals surface area (Å²) >= 11 is 0. The van der Waals surface area contributed by atoms with E-state index in [9.17, 15) is 33.2 Å². The number of Topliss-reactive ketones (excluding diaryl/α,β-unsaturated/α-hetero) is 2. The van der Waals surface area contributed by atoms with Crippen molar-refractivity contribution in [2.75, 3.05) is 6.54 Å². The summed E-state index contributed by atoms with van der Waals surface area (Å²) in [6.07, 6.45) is 2.12. The molecule has 0 aromatic heterocycles. The first-order valence-corrected chi connectivity index (χ1v) is 16.5. The van der Waals surface area contributed by atoms with Crippen LogP contribution < -0.4 is 16.4 Å². The minimum atomic E-state index is -1.06. The standard InChI is InChI=1S/C35H49FN4O7/c1-18(2)26(32(45)47-17-20-10-12-22(36)13-11-20)38-33(46)39-29(34(3,4)5)31(44)40-16-23-25(35(23,6)7)27(40)24(41)15-21(14-19-8-9-19)28(42)30(37)43/h10-13,18-19,21,23,25-27,29H,8-9,14-17H2,1-7H3,(H2,37,43)(H2,38,39,46)/t21?,23-,25-,26-,27+,29+/m0/s1. The molecule has 2 aliphatic carbocycles. The third kappa shape index (κ3) is 8.37. The highest BCUT2D eigenvalue weighted by Gasteiger charge is 2.69. The summed E-state index contributed by atoms with van der Waals surface area (Å²) < 4.78 is 18.6. The van der Waals surface area contributed by atoms with E-state index in [2.05, 4.69) is 24.5 Å². The highest BCUT2D eigenvalue weighted by atomic mass is 19.1. The number of rotatable bonds is 14. The Morgan fingerprint density at radius 3 is 2.19 bits per heavy atom. The van der Waals surface area contributed by atoms with Gasteiger partial charge in [0.15, 0.2) is 5.78 Å². The van der Waals surface area contributed by atoms with E-state index in [1.54, 1.807) is 34.6 Å². The summed E-state index contributed by atoms with van der Waals surface area (Å²) in [5, 5.41) is 5.40. The van der Waals surface area contributed by atoms with Crippen molar-refractivity contribution in [1.82, 2.24) is 15.5 Å². The first-order valence-electron chi connectivity index (χ1n) is 16.5. The molecule has 0 bridgehead atoms. The summed E-state index contributed by atoms with van der Waals surface area (Å²) in [7, 11) is 0. The second-order valence-electron chi connectivity index (χ2n) is 15.5. The van der Waals surface area contributed by atoms with Gasteiger partial charge < -0.3 is 26.0 Å². The molecule has 1 unspecified atom stereocenters. The summed E-state index contributed by atoms with van der Waals surface area (Å²) in [5.74, 6) is -4.56. The van der Waals surface area contributed by atoms with E-state index in [0.717, 1.165) is 12.8 Å². The molecule has 1 saturated heterocycles. The van der Waals surface area contributed by atoms with Gasteiger partial charge in [-0.3, -0.25) is 19.2 Å². The van der Waals surface area contributed by atoms with Gasteiger partial charge in [0, 0.05) is 18.9 Å². The molecule has 0 spiro atoms. The number of amides is 4. The summed E-state index contributed by atoms with van der Waals surface area (Å²) in [5.41, 5.74) is 4.94. The minimum absolute atomic E-state index is 0.0739. The van der Waals surface area contributed by atoms with Crippen molar-refractivity contribution >= 4 is 35.4 Å². The zero-order valence-corrected chi connectivity index (χ0v) is 28.4. The predicted octanol–water partition coefficient (Wildman–Crippen LogP) is 3.52. The van der Waals surface area contributed by atoms with E-state index in [1.807, 2.05) is 0 Å². The lowest BCUT2D eigenvalue weighted by atomic mass is 9.84. The van der Waals surface area contributed by atoms with E-state index < -0.39 is 64.9 Å². The van der Waals surface area contributed by atoms with Gasteiger partial charge >= 0.3 is 12.0 Å². The van der Waals surface area contributed by atoms with Crippen molar-refractivity contribution in [1.29, 1.82) is 0 Å². The van der Waals surface area contributed by atoms with Crippen molar-refractivity contribution in [3.05, 3.63) is 35.6 Å². The maximum absolute atomic E-state index is 14.2. The number of urea groups is 1. The molecule has 2 saturated carbocycles. The molecule has 1 aromatic carbocycles. The normalized spacial score (nSPS) is 23.3. The summed E-state index contributed by atoms with van der Waals surface area (Å²) in [6, 6.07) is 1.86. The van der Waals surface area contributed by atoms with Crippen LogP contribution in [0, 0.1) is 46.2 Å². The number of carbonyl (C=O) groups excluding carboxylic acids is 6. The smallest absolute Gasteiger partial charge is 0.329 e. The number of benzene rings is 1. The molecule has 4 rings (SSSR count). The van der Waals surface area contributed by atoms with Gasteiger partial charge in [-0.15, -0.1) is 0 Å². The second-order valence-corrected chi connectivity index (χ2v) is 15.5.